The molecule has 1 heterocycles. The molecular formula is C18H18N. The Bertz CT molecular complexity index is 505. The second kappa shape index (κ2) is 5.85. The van der Waals surface area contributed by atoms with Crippen LogP contribution in [0.4, 0.5) is 0 Å². The minimum atomic E-state index is 0.971. The van der Waals surface area contributed by atoms with E-state index in [1.54, 1.807) is 5.57 Å². The molecule has 1 radical (unpaired) electrons. The van der Waals surface area contributed by atoms with E-state index in [0.717, 1.165) is 25.9 Å². The van der Waals surface area contributed by atoms with Crippen molar-refractivity contribution in [2.24, 2.45) is 0 Å². The normalized spacial score (nSPS) is 15.3. The van der Waals surface area contributed by atoms with Crippen molar-refractivity contribution in [3.63, 3.8) is 0 Å². The first-order chi connectivity index (χ1) is 9.45. The highest BCUT2D eigenvalue weighted by atomic mass is 14.9. The van der Waals surface area contributed by atoms with Gasteiger partial charge in [0.1, 0.15) is 0 Å². The maximum atomic E-state index is 4.46. The standard InChI is InChI=1S/C18H18N/c1-3-7-15(8-4-1)18(16-9-5-2-6-10-16)17-11-13-19-14-12-17/h1-10H,11-14H2. The summed E-state index contributed by atoms with van der Waals surface area (Å²) in [6, 6.07) is 21.5. The summed E-state index contributed by atoms with van der Waals surface area (Å²) >= 11 is 0. The van der Waals surface area contributed by atoms with E-state index in [1.165, 1.54) is 16.7 Å². The fraction of sp³-hybridized carbons (Fsp3) is 0.222. The average molecular weight is 248 g/mol. The monoisotopic (exact) mass is 248 g/mol. The largest absolute Gasteiger partial charge is 0.241 e. The third-order valence-corrected chi connectivity index (χ3v) is 3.62. The van der Waals surface area contributed by atoms with E-state index in [0.29, 0.717) is 0 Å². The van der Waals surface area contributed by atoms with Crippen LogP contribution in [0.2, 0.25) is 0 Å². The molecule has 19 heavy (non-hydrogen) atoms. The molecule has 0 spiro atoms. The fourth-order valence-corrected chi connectivity index (χ4v) is 2.70. The van der Waals surface area contributed by atoms with E-state index in [9.17, 15) is 0 Å². The molecule has 1 nitrogen and oxygen atoms in total. The van der Waals surface area contributed by atoms with E-state index < -0.39 is 0 Å². The molecule has 0 N–H and O–H groups in total. The van der Waals surface area contributed by atoms with Gasteiger partial charge >= 0.3 is 0 Å². The summed E-state index contributed by atoms with van der Waals surface area (Å²) in [5.74, 6) is 0. The first-order valence-electron chi connectivity index (χ1n) is 6.91. The minimum absolute atomic E-state index is 0.971. The maximum absolute atomic E-state index is 4.46. The zero-order valence-electron chi connectivity index (χ0n) is 11.0. The zero-order valence-corrected chi connectivity index (χ0v) is 11.0. The number of hydrogen-bond acceptors (Lipinski definition) is 0. The van der Waals surface area contributed by atoms with Gasteiger partial charge in [-0.05, 0) is 29.5 Å². The highest BCUT2D eigenvalue weighted by molar-refractivity contribution is 5.82. The molecule has 1 saturated heterocycles. The molecule has 0 amide bonds. The quantitative estimate of drug-likeness (QED) is 0.765. The van der Waals surface area contributed by atoms with Crippen LogP contribution in [0.25, 0.3) is 5.57 Å². The molecule has 2 aromatic rings. The van der Waals surface area contributed by atoms with Crippen LogP contribution in [0.1, 0.15) is 24.0 Å². The Labute approximate surface area is 115 Å². The van der Waals surface area contributed by atoms with Crippen LogP contribution in [0.5, 0.6) is 0 Å². The lowest BCUT2D eigenvalue weighted by Crippen LogP contribution is -2.17. The number of benzene rings is 2. The van der Waals surface area contributed by atoms with Crippen molar-refractivity contribution < 1.29 is 0 Å². The topological polar surface area (TPSA) is 14.1 Å². The summed E-state index contributed by atoms with van der Waals surface area (Å²) in [5.41, 5.74) is 5.61. The minimum Gasteiger partial charge on any atom is -0.241 e. The Kier molecular flexibility index (Phi) is 3.75. The van der Waals surface area contributed by atoms with Gasteiger partial charge in [0.15, 0.2) is 0 Å². The molecule has 1 heteroatoms. The van der Waals surface area contributed by atoms with Gasteiger partial charge in [0.05, 0.1) is 0 Å². The van der Waals surface area contributed by atoms with Crippen molar-refractivity contribution in [2.75, 3.05) is 13.1 Å². The molecule has 3 rings (SSSR count). The summed E-state index contributed by atoms with van der Waals surface area (Å²) in [6.45, 7) is 1.94. The Morgan fingerprint density at radius 2 is 1.16 bits per heavy atom. The van der Waals surface area contributed by atoms with Crippen LogP contribution >= 0.6 is 0 Å². The summed E-state index contributed by atoms with van der Waals surface area (Å²) in [5, 5.41) is 4.46. The fourth-order valence-electron chi connectivity index (χ4n) is 2.70. The van der Waals surface area contributed by atoms with Crippen molar-refractivity contribution in [3.05, 3.63) is 77.4 Å². The molecule has 2 aromatic carbocycles. The summed E-state index contributed by atoms with van der Waals surface area (Å²) in [7, 11) is 0. The zero-order chi connectivity index (χ0) is 12.9. The molecule has 1 aliphatic rings. The Hall–Kier alpha value is -1.86. The van der Waals surface area contributed by atoms with E-state index >= 15 is 0 Å². The highest BCUT2D eigenvalue weighted by Crippen LogP contribution is 2.30. The van der Waals surface area contributed by atoms with Gasteiger partial charge in [0.2, 0.25) is 0 Å². The van der Waals surface area contributed by atoms with Gasteiger partial charge in [0.25, 0.3) is 0 Å². The van der Waals surface area contributed by atoms with E-state index in [4.69, 9.17) is 0 Å². The van der Waals surface area contributed by atoms with Gasteiger partial charge in [-0.25, -0.2) is 5.32 Å². The lowest BCUT2D eigenvalue weighted by molar-refractivity contribution is 0.600. The van der Waals surface area contributed by atoms with E-state index in [-0.39, 0.29) is 0 Å². The van der Waals surface area contributed by atoms with Crippen LogP contribution in [-0.2, 0) is 0 Å². The van der Waals surface area contributed by atoms with Crippen molar-refractivity contribution in [3.8, 4) is 0 Å². The summed E-state index contributed by atoms with van der Waals surface area (Å²) in [6.07, 6.45) is 2.19. The van der Waals surface area contributed by atoms with Gasteiger partial charge in [-0.15, -0.1) is 0 Å². The SMILES string of the molecule is c1ccc(C(=C2CC[N]CC2)c2ccccc2)cc1. The average Bonchev–Trinajstić information content (AvgIpc) is 2.51. The molecule has 95 valence electrons. The first-order valence-corrected chi connectivity index (χ1v) is 6.91. The second-order valence-electron chi connectivity index (χ2n) is 4.88. The lowest BCUT2D eigenvalue weighted by atomic mass is 9.89. The van der Waals surface area contributed by atoms with Gasteiger partial charge in [-0.2, -0.15) is 0 Å². The van der Waals surface area contributed by atoms with Crippen molar-refractivity contribution in [1.82, 2.24) is 5.32 Å². The van der Waals surface area contributed by atoms with Crippen LogP contribution in [0.15, 0.2) is 66.2 Å². The van der Waals surface area contributed by atoms with Crippen LogP contribution in [0, 0.1) is 0 Å². The predicted octanol–water partition coefficient (Wildman–Crippen LogP) is 3.89. The highest BCUT2D eigenvalue weighted by Gasteiger charge is 2.14. The molecule has 0 saturated carbocycles. The van der Waals surface area contributed by atoms with Gasteiger partial charge in [-0.3, -0.25) is 0 Å². The molecule has 0 unspecified atom stereocenters. The van der Waals surface area contributed by atoms with Crippen molar-refractivity contribution in [2.45, 2.75) is 12.8 Å². The predicted molar refractivity (Wildman–Crippen MR) is 80.0 cm³/mol. The molecule has 0 atom stereocenters. The van der Waals surface area contributed by atoms with Gasteiger partial charge in [-0.1, -0.05) is 66.2 Å². The van der Waals surface area contributed by atoms with Crippen LogP contribution in [0.3, 0.4) is 0 Å². The van der Waals surface area contributed by atoms with Crippen molar-refractivity contribution >= 4 is 5.57 Å². The number of nitrogens with zero attached hydrogens (tertiary/aromatic N) is 1. The van der Waals surface area contributed by atoms with Crippen molar-refractivity contribution in [1.29, 1.82) is 0 Å². The maximum Gasteiger partial charge on any atom is 0.0171 e. The Morgan fingerprint density at radius 1 is 0.684 bits per heavy atom. The molecule has 0 aromatic heterocycles. The summed E-state index contributed by atoms with van der Waals surface area (Å²) < 4.78 is 0. The van der Waals surface area contributed by atoms with Gasteiger partial charge < -0.3 is 0 Å². The van der Waals surface area contributed by atoms with Crippen LogP contribution in [-0.4, -0.2) is 13.1 Å². The number of rotatable bonds is 2. The molecule has 1 fully saturated rings. The Morgan fingerprint density at radius 3 is 1.63 bits per heavy atom. The van der Waals surface area contributed by atoms with E-state index in [2.05, 4.69) is 66.0 Å². The van der Waals surface area contributed by atoms with Crippen LogP contribution < -0.4 is 5.32 Å². The molecular weight excluding hydrogens is 230 g/mol. The third kappa shape index (κ3) is 2.77. The number of piperidine rings is 1. The smallest absolute Gasteiger partial charge is 0.0171 e. The van der Waals surface area contributed by atoms with Gasteiger partial charge in [0, 0.05) is 13.1 Å². The third-order valence-electron chi connectivity index (χ3n) is 3.62. The molecule has 0 aliphatic carbocycles. The second-order valence-corrected chi connectivity index (χ2v) is 4.88. The lowest BCUT2D eigenvalue weighted by Gasteiger charge is -2.20. The number of hydrogen-bond donors (Lipinski definition) is 0. The molecule has 0 bridgehead atoms. The first kappa shape index (κ1) is 12.2. The Balaban J connectivity index is 2.11. The summed E-state index contributed by atoms with van der Waals surface area (Å²) in [4.78, 5) is 0. The van der Waals surface area contributed by atoms with E-state index in [1.807, 2.05) is 0 Å². The molecule has 1 aliphatic heterocycles.